The second-order valence-electron chi connectivity index (χ2n) is 4.47. The molecule has 3 amide bonds. The van der Waals surface area contributed by atoms with Crippen LogP contribution >= 0.6 is 0 Å². The number of carbonyl (C=O) groups excluding carboxylic acids is 2. The predicted molar refractivity (Wildman–Crippen MR) is 66.0 cm³/mol. The van der Waals surface area contributed by atoms with Crippen molar-refractivity contribution in [3.05, 3.63) is 23.8 Å². The number of nitrogens with one attached hydrogen (secondary N) is 1. The first kappa shape index (κ1) is 11.8. The number of nitrogens with zero attached hydrogens (tertiary/aromatic N) is 1. The smallest absolute Gasteiger partial charge is 0.324 e. The van der Waals surface area contributed by atoms with Gasteiger partial charge in [-0.05, 0) is 17.7 Å². The van der Waals surface area contributed by atoms with Crippen molar-refractivity contribution in [2.24, 2.45) is 0 Å². The van der Waals surface area contributed by atoms with E-state index in [2.05, 4.69) is 5.32 Å². The monoisotopic (exact) mass is 262 g/mol. The molecule has 0 atom stereocenters. The molecule has 0 bridgehead atoms. The van der Waals surface area contributed by atoms with Crippen molar-refractivity contribution >= 4 is 11.9 Å². The van der Waals surface area contributed by atoms with Crippen LogP contribution < -0.4 is 14.8 Å². The third kappa shape index (κ3) is 2.33. The van der Waals surface area contributed by atoms with Crippen LogP contribution in [0.5, 0.6) is 11.5 Å². The third-order valence-electron chi connectivity index (χ3n) is 3.09. The lowest BCUT2D eigenvalue weighted by Crippen LogP contribution is -2.30. The van der Waals surface area contributed by atoms with Gasteiger partial charge < -0.3 is 14.8 Å². The van der Waals surface area contributed by atoms with Crippen LogP contribution in [-0.2, 0) is 11.3 Å². The van der Waals surface area contributed by atoms with Gasteiger partial charge in [0.15, 0.2) is 11.5 Å². The topological polar surface area (TPSA) is 67.9 Å². The van der Waals surface area contributed by atoms with Crippen LogP contribution in [-0.4, -0.2) is 36.6 Å². The zero-order valence-electron chi connectivity index (χ0n) is 10.3. The number of benzene rings is 1. The Labute approximate surface area is 110 Å². The lowest BCUT2D eigenvalue weighted by Gasteiger charge is -2.14. The summed E-state index contributed by atoms with van der Waals surface area (Å²) in [4.78, 5) is 24.2. The van der Waals surface area contributed by atoms with Crippen molar-refractivity contribution in [3.8, 4) is 11.5 Å². The van der Waals surface area contributed by atoms with E-state index < -0.39 is 0 Å². The Bertz CT molecular complexity index is 513. The van der Waals surface area contributed by atoms with Crippen molar-refractivity contribution in [2.45, 2.75) is 13.0 Å². The first-order chi connectivity index (χ1) is 9.24. The number of urea groups is 1. The highest BCUT2D eigenvalue weighted by molar-refractivity contribution is 6.01. The summed E-state index contributed by atoms with van der Waals surface area (Å²) in [6.07, 6.45) is 0.844. The molecule has 100 valence electrons. The molecule has 19 heavy (non-hydrogen) atoms. The first-order valence-electron chi connectivity index (χ1n) is 6.21. The second kappa shape index (κ2) is 4.79. The lowest BCUT2D eigenvalue weighted by atomic mass is 10.2. The second-order valence-corrected chi connectivity index (χ2v) is 4.47. The molecule has 0 spiro atoms. The van der Waals surface area contributed by atoms with E-state index in [9.17, 15) is 9.59 Å². The zero-order valence-corrected chi connectivity index (χ0v) is 10.3. The number of fused-ring (bicyclic) bond motifs is 1. The van der Waals surface area contributed by atoms with E-state index in [-0.39, 0.29) is 25.0 Å². The van der Waals surface area contributed by atoms with Crippen LogP contribution in [0.1, 0.15) is 12.0 Å². The molecule has 0 aromatic heterocycles. The summed E-state index contributed by atoms with van der Waals surface area (Å²) < 4.78 is 11.1. The van der Waals surface area contributed by atoms with Gasteiger partial charge in [0.05, 0.1) is 26.3 Å². The van der Waals surface area contributed by atoms with Crippen LogP contribution in [0.4, 0.5) is 4.79 Å². The van der Waals surface area contributed by atoms with Crippen molar-refractivity contribution in [1.82, 2.24) is 10.2 Å². The Morgan fingerprint density at radius 3 is 2.68 bits per heavy atom. The molecule has 6 nitrogen and oxygen atoms in total. The number of rotatable bonds is 2. The standard InChI is InChI=1S/C13H14N2O4/c16-12-7-14-13(17)15(12)8-9-2-3-10-11(6-9)19-5-1-4-18-10/h2-3,6H,1,4-5,7-8H2,(H,14,17). The normalized spacial score (nSPS) is 18.2. The number of hydrogen-bond acceptors (Lipinski definition) is 4. The van der Waals surface area contributed by atoms with E-state index in [4.69, 9.17) is 9.47 Å². The van der Waals surface area contributed by atoms with Gasteiger partial charge in [-0.1, -0.05) is 6.07 Å². The Balaban J connectivity index is 1.80. The lowest BCUT2D eigenvalue weighted by molar-refractivity contribution is -0.125. The van der Waals surface area contributed by atoms with E-state index in [1.807, 2.05) is 18.2 Å². The average molecular weight is 262 g/mol. The fraction of sp³-hybridized carbons (Fsp3) is 0.385. The SMILES string of the molecule is O=C1CNC(=O)N1Cc1ccc2c(c1)OCCCO2. The fourth-order valence-corrected chi connectivity index (χ4v) is 2.10. The van der Waals surface area contributed by atoms with Gasteiger partial charge in [-0.25, -0.2) is 4.79 Å². The van der Waals surface area contributed by atoms with E-state index in [0.717, 1.165) is 12.0 Å². The van der Waals surface area contributed by atoms with Gasteiger partial charge in [0.2, 0.25) is 5.91 Å². The third-order valence-corrected chi connectivity index (χ3v) is 3.09. The molecular formula is C13H14N2O4. The summed E-state index contributed by atoms with van der Waals surface area (Å²) in [6.45, 7) is 1.57. The summed E-state index contributed by atoms with van der Waals surface area (Å²) in [6, 6.07) is 5.12. The van der Waals surface area contributed by atoms with Crippen molar-refractivity contribution < 1.29 is 19.1 Å². The van der Waals surface area contributed by atoms with E-state index in [1.165, 1.54) is 4.90 Å². The maximum absolute atomic E-state index is 11.5. The van der Waals surface area contributed by atoms with Crippen LogP contribution in [0.25, 0.3) is 0 Å². The zero-order chi connectivity index (χ0) is 13.2. The maximum atomic E-state index is 11.5. The van der Waals surface area contributed by atoms with Gasteiger partial charge in [-0.3, -0.25) is 9.69 Å². The highest BCUT2D eigenvalue weighted by Crippen LogP contribution is 2.30. The van der Waals surface area contributed by atoms with E-state index >= 15 is 0 Å². The molecule has 1 aromatic carbocycles. The molecule has 0 unspecified atom stereocenters. The highest BCUT2D eigenvalue weighted by Gasteiger charge is 2.28. The molecule has 2 heterocycles. The minimum absolute atomic E-state index is 0.0728. The molecule has 3 rings (SSSR count). The minimum atomic E-state index is -0.350. The molecule has 2 aliphatic heterocycles. The number of hydrogen-bond donors (Lipinski definition) is 1. The molecule has 1 fully saturated rings. The van der Waals surface area contributed by atoms with Crippen LogP contribution in [0.3, 0.4) is 0 Å². The molecule has 2 aliphatic rings. The summed E-state index contributed by atoms with van der Waals surface area (Å²) in [7, 11) is 0. The largest absolute Gasteiger partial charge is 0.490 e. The molecule has 1 N–H and O–H groups in total. The molecule has 0 radical (unpaired) electrons. The van der Waals surface area contributed by atoms with Gasteiger partial charge in [0, 0.05) is 6.42 Å². The van der Waals surface area contributed by atoms with Crippen molar-refractivity contribution in [3.63, 3.8) is 0 Å². The van der Waals surface area contributed by atoms with Gasteiger partial charge >= 0.3 is 6.03 Å². The molecule has 6 heteroatoms. The van der Waals surface area contributed by atoms with E-state index in [0.29, 0.717) is 24.7 Å². The highest BCUT2D eigenvalue weighted by atomic mass is 16.5. The molecule has 0 saturated carbocycles. The maximum Gasteiger partial charge on any atom is 0.324 e. The molecule has 1 aromatic rings. The van der Waals surface area contributed by atoms with Crippen LogP contribution in [0, 0.1) is 0 Å². The number of carbonyl (C=O) groups is 2. The Morgan fingerprint density at radius 1 is 1.16 bits per heavy atom. The number of amides is 3. The van der Waals surface area contributed by atoms with Crippen LogP contribution in [0.2, 0.25) is 0 Å². The molecule has 1 saturated heterocycles. The average Bonchev–Trinajstić information content (AvgIpc) is 2.64. The summed E-state index contributed by atoms with van der Waals surface area (Å²) >= 11 is 0. The van der Waals surface area contributed by atoms with Gasteiger partial charge in [-0.2, -0.15) is 0 Å². The van der Waals surface area contributed by atoms with Gasteiger partial charge in [0.25, 0.3) is 0 Å². The molecule has 0 aliphatic carbocycles. The quantitative estimate of drug-likeness (QED) is 0.804. The van der Waals surface area contributed by atoms with Crippen molar-refractivity contribution in [1.29, 1.82) is 0 Å². The van der Waals surface area contributed by atoms with Crippen molar-refractivity contribution in [2.75, 3.05) is 19.8 Å². The van der Waals surface area contributed by atoms with Gasteiger partial charge in [0.1, 0.15) is 0 Å². The van der Waals surface area contributed by atoms with E-state index in [1.54, 1.807) is 0 Å². The Hall–Kier alpha value is -2.24. The number of ether oxygens (including phenoxy) is 2. The predicted octanol–water partition coefficient (Wildman–Crippen LogP) is 0.900. The molecular weight excluding hydrogens is 248 g/mol. The fourth-order valence-electron chi connectivity index (χ4n) is 2.10. The summed E-state index contributed by atoms with van der Waals surface area (Å²) in [5.41, 5.74) is 0.842. The summed E-state index contributed by atoms with van der Waals surface area (Å²) in [5.74, 6) is 1.16. The van der Waals surface area contributed by atoms with Crippen LogP contribution in [0.15, 0.2) is 18.2 Å². The summed E-state index contributed by atoms with van der Waals surface area (Å²) in [5, 5.41) is 2.49. The first-order valence-corrected chi connectivity index (χ1v) is 6.21. The Morgan fingerprint density at radius 2 is 1.95 bits per heavy atom. The number of imide groups is 1. The Kier molecular flexibility index (Phi) is 2.98. The van der Waals surface area contributed by atoms with Gasteiger partial charge in [-0.15, -0.1) is 0 Å². The minimum Gasteiger partial charge on any atom is -0.490 e.